The maximum Gasteiger partial charge on any atom is 0.324 e. The lowest BCUT2D eigenvalue weighted by molar-refractivity contribution is 0.126. The van der Waals surface area contributed by atoms with Crippen LogP contribution in [0.2, 0.25) is 0 Å². The highest BCUT2D eigenvalue weighted by Crippen LogP contribution is 2.27. The third kappa shape index (κ3) is 5.18. The van der Waals surface area contributed by atoms with Gasteiger partial charge in [0.15, 0.2) is 5.82 Å². The smallest absolute Gasteiger partial charge is 0.324 e. The lowest BCUT2D eigenvalue weighted by Crippen LogP contribution is -2.39. The van der Waals surface area contributed by atoms with Crippen LogP contribution in [0.1, 0.15) is 45.4 Å². The van der Waals surface area contributed by atoms with Crippen LogP contribution >= 0.6 is 11.8 Å². The van der Waals surface area contributed by atoms with Crippen molar-refractivity contribution in [3.63, 3.8) is 0 Å². The summed E-state index contributed by atoms with van der Waals surface area (Å²) in [4.78, 5) is 16.9. The number of ether oxygens (including phenoxy) is 1. The second kappa shape index (κ2) is 9.68. The van der Waals surface area contributed by atoms with Gasteiger partial charge in [0.1, 0.15) is 6.10 Å². The minimum atomic E-state index is 0.0667. The molecule has 8 heteroatoms. The Balaban J connectivity index is 1.30. The zero-order chi connectivity index (χ0) is 21.8. The van der Waals surface area contributed by atoms with Crippen molar-refractivity contribution in [2.24, 2.45) is 5.92 Å². The highest BCUT2D eigenvalue weighted by molar-refractivity contribution is 7.98. The molecule has 0 saturated carbocycles. The first-order valence-corrected chi connectivity index (χ1v) is 12.0. The van der Waals surface area contributed by atoms with Gasteiger partial charge < -0.3 is 14.2 Å². The minimum absolute atomic E-state index is 0.0667. The van der Waals surface area contributed by atoms with Crippen molar-refractivity contribution in [3.8, 4) is 17.1 Å². The quantitative estimate of drug-likeness (QED) is 0.473. The van der Waals surface area contributed by atoms with Crippen molar-refractivity contribution in [2.75, 3.05) is 24.2 Å². The van der Waals surface area contributed by atoms with Crippen molar-refractivity contribution in [1.29, 1.82) is 0 Å². The fourth-order valence-electron chi connectivity index (χ4n) is 3.72. The van der Waals surface area contributed by atoms with Gasteiger partial charge in [-0.05, 0) is 44.1 Å². The molecule has 1 saturated heterocycles. The molecule has 1 fully saturated rings. The topological polar surface area (TPSA) is 77.2 Å². The van der Waals surface area contributed by atoms with Crippen LogP contribution in [0, 0.1) is 5.92 Å². The normalized spacial score (nSPS) is 16.0. The largest absolute Gasteiger partial charge is 0.473 e. The van der Waals surface area contributed by atoms with Crippen molar-refractivity contribution >= 4 is 17.8 Å². The first-order valence-electron chi connectivity index (χ1n) is 10.7. The molecule has 31 heavy (non-hydrogen) atoms. The zero-order valence-electron chi connectivity index (χ0n) is 18.5. The predicted molar refractivity (Wildman–Crippen MR) is 123 cm³/mol. The third-order valence-electron chi connectivity index (χ3n) is 5.74. The number of hydrogen-bond donors (Lipinski definition) is 0. The van der Waals surface area contributed by atoms with Crippen LogP contribution in [0.15, 0.2) is 46.1 Å². The number of rotatable bonds is 7. The molecule has 3 aromatic rings. The first kappa shape index (κ1) is 21.6. The van der Waals surface area contributed by atoms with Gasteiger partial charge in [-0.25, -0.2) is 9.97 Å². The number of hydrogen-bond acceptors (Lipinski definition) is 8. The predicted octanol–water partition coefficient (Wildman–Crippen LogP) is 5.06. The van der Waals surface area contributed by atoms with Gasteiger partial charge in [-0.3, -0.25) is 0 Å². The van der Waals surface area contributed by atoms with Gasteiger partial charge in [0.2, 0.25) is 5.88 Å². The molecule has 164 valence electrons. The number of nitrogens with zero attached hydrogens (tertiary/aromatic N) is 5. The Morgan fingerprint density at radius 3 is 2.39 bits per heavy atom. The van der Waals surface area contributed by atoms with E-state index in [2.05, 4.69) is 76.3 Å². The van der Waals surface area contributed by atoms with Crippen molar-refractivity contribution in [2.45, 2.75) is 50.5 Å². The average Bonchev–Trinajstić information content (AvgIpc) is 3.31. The van der Waals surface area contributed by atoms with E-state index in [1.54, 1.807) is 24.2 Å². The van der Waals surface area contributed by atoms with E-state index in [-0.39, 0.29) is 12.0 Å². The summed E-state index contributed by atoms with van der Waals surface area (Å²) in [5, 5.41) is 4.07. The van der Waals surface area contributed by atoms with Crippen LogP contribution < -0.4 is 9.64 Å². The summed E-state index contributed by atoms with van der Waals surface area (Å²) < 4.78 is 11.5. The second-order valence-corrected chi connectivity index (χ2v) is 9.09. The molecule has 1 aliphatic rings. The number of thioether (sulfide) groups is 1. The van der Waals surface area contributed by atoms with E-state index in [1.807, 2.05) is 0 Å². The SMILES string of the molecule is CSc1ccc(-c2cnc(OC(C)C3CCN(c4nc(C(C)C)no4)CC3)cn2)cc1. The Morgan fingerprint density at radius 2 is 1.81 bits per heavy atom. The number of benzene rings is 1. The molecule has 1 atom stereocenters. The van der Waals surface area contributed by atoms with Crippen LogP contribution in [-0.2, 0) is 0 Å². The van der Waals surface area contributed by atoms with Crippen LogP contribution in [0.5, 0.6) is 5.88 Å². The van der Waals surface area contributed by atoms with Gasteiger partial charge >= 0.3 is 6.01 Å². The van der Waals surface area contributed by atoms with Crippen LogP contribution in [0.3, 0.4) is 0 Å². The zero-order valence-corrected chi connectivity index (χ0v) is 19.3. The molecular formula is C23H29N5O2S. The first-order chi connectivity index (χ1) is 15.0. The van der Waals surface area contributed by atoms with Gasteiger partial charge in [0, 0.05) is 29.5 Å². The molecule has 4 rings (SSSR count). The van der Waals surface area contributed by atoms with E-state index in [4.69, 9.17) is 9.26 Å². The fourth-order valence-corrected chi connectivity index (χ4v) is 4.13. The average molecular weight is 440 g/mol. The maximum atomic E-state index is 6.11. The lowest BCUT2D eigenvalue weighted by Gasteiger charge is -2.33. The van der Waals surface area contributed by atoms with Gasteiger partial charge in [-0.1, -0.05) is 31.1 Å². The molecule has 7 nitrogen and oxygen atoms in total. The molecule has 0 amide bonds. The Bertz CT molecular complexity index is 966. The summed E-state index contributed by atoms with van der Waals surface area (Å²) in [5.41, 5.74) is 1.90. The molecule has 0 bridgehead atoms. The Hall–Kier alpha value is -2.61. The van der Waals surface area contributed by atoms with Crippen molar-refractivity contribution in [1.82, 2.24) is 20.1 Å². The summed E-state index contributed by atoms with van der Waals surface area (Å²) in [7, 11) is 0. The van der Waals surface area contributed by atoms with Gasteiger partial charge in [-0.15, -0.1) is 11.8 Å². The molecule has 0 spiro atoms. The van der Waals surface area contributed by atoms with E-state index in [0.29, 0.717) is 17.8 Å². The molecule has 1 aromatic carbocycles. The Labute approximate surface area is 187 Å². The monoisotopic (exact) mass is 439 g/mol. The molecule has 2 aromatic heterocycles. The highest BCUT2D eigenvalue weighted by atomic mass is 32.2. The molecule has 0 aliphatic carbocycles. The summed E-state index contributed by atoms with van der Waals surface area (Å²) >= 11 is 1.73. The Morgan fingerprint density at radius 1 is 1.06 bits per heavy atom. The minimum Gasteiger partial charge on any atom is -0.473 e. The summed E-state index contributed by atoms with van der Waals surface area (Å²) in [6.07, 6.45) is 7.65. The third-order valence-corrected chi connectivity index (χ3v) is 6.49. The fraction of sp³-hybridized carbons (Fsp3) is 0.478. The summed E-state index contributed by atoms with van der Waals surface area (Å²) in [6.45, 7) is 8.01. The molecule has 0 N–H and O–H groups in total. The van der Waals surface area contributed by atoms with Gasteiger partial charge in [0.25, 0.3) is 0 Å². The maximum absolute atomic E-state index is 6.11. The van der Waals surface area contributed by atoms with Gasteiger partial charge in [0.05, 0.1) is 18.1 Å². The molecule has 3 heterocycles. The van der Waals surface area contributed by atoms with Crippen LogP contribution in [0.4, 0.5) is 6.01 Å². The number of anilines is 1. The van der Waals surface area contributed by atoms with Crippen LogP contribution in [0.25, 0.3) is 11.3 Å². The standard InChI is InChI=1S/C23H29N5O2S/c1-15(2)22-26-23(30-27-22)28-11-9-17(10-12-28)16(3)29-21-14-24-20(13-25-21)18-5-7-19(31-4)8-6-18/h5-8,13-17H,9-12H2,1-4H3. The van der Waals surface area contributed by atoms with Crippen molar-refractivity contribution in [3.05, 3.63) is 42.5 Å². The molecule has 0 radical (unpaired) electrons. The van der Waals surface area contributed by atoms with E-state index in [0.717, 1.165) is 43.0 Å². The van der Waals surface area contributed by atoms with E-state index >= 15 is 0 Å². The van der Waals surface area contributed by atoms with E-state index in [9.17, 15) is 0 Å². The van der Waals surface area contributed by atoms with Gasteiger partial charge in [-0.2, -0.15) is 4.98 Å². The summed E-state index contributed by atoms with van der Waals surface area (Å²) in [5.74, 6) is 2.05. The molecule has 1 unspecified atom stereocenters. The number of aromatic nitrogens is 4. The highest BCUT2D eigenvalue weighted by Gasteiger charge is 2.28. The number of piperidine rings is 1. The molecule has 1 aliphatic heterocycles. The second-order valence-electron chi connectivity index (χ2n) is 8.21. The summed E-state index contributed by atoms with van der Waals surface area (Å²) in [6, 6.07) is 8.96. The van der Waals surface area contributed by atoms with E-state index in [1.165, 1.54) is 4.90 Å². The Kier molecular flexibility index (Phi) is 6.75. The molecular weight excluding hydrogens is 410 g/mol. The van der Waals surface area contributed by atoms with Crippen molar-refractivity contribution < 1.29 is 9.26 Å². The van der Waals surface area contributed by atoms with Crippen LogP contribution in [-0.4, -0.2) is 45.6 Å². The lowest BCUT2D eigenvalue weighted by atomic mass is 9.92. The van der Waals surface area contributed by atoms with E-state index < -0.39 is 0 Å².